The Balaban J connectivity index is 2.01. The summed E-state index contributed by atoms with van der Waals surface area (Å²) in [6.45, 7) is 6.43. The molecule has 0 radical (unpaired) electrons. The van der Waals surface area contributed by atoms with Crippen molar-refractivity contribution in [2.24, 2.45) is 5.92 Å². The van der Waals surface area contributed by atoms with E-state index in [2.05, 4.69) is 43.4 Å². The van der Waals surface area contributed by atoms with Gasteiger partial charge in [-0.25, -0.2) is 0 Å². The molecule has 0 amide bonds. The third-order valence-corrected chi connectivity index (χ3v) is 5.32. The molecule has 1 aliphatic rings. The summed E-state index contributed by atoms with van der Waals surface area (Å²) in [5.74, 6) is 0.645. The first kappa shape index (κ1) is 14.9. The molecule has 2 nitrogen and oxygen atoms in total. The van der Waals surface area contributed by atoms with Gasteiger partial charge in [-0.3, -0.25) is 0 Å². The largest absolute Gasteiger partial charge is 0.385 e. The number of nitrogens with one attached hydrogen (secondary N) is 1. The number of thioether (sulfide) groups is 1. The van der Waals surface area contributed by atoms with E-state index >= 15 is 0 Å². The predicted molar refractivity (Wildman–Crippen MR) is 82.9 cm³/mol. The number of fused-ring (bicyclic) bond motifs is 1. The number of ether oxygens (including phenoxy) is 1. The van der Waals surface area contributed by atoms with Crippen LogP contribution in [0.15, 0.2) is 29.2 Å². The minimum Gasteiger partial charge on any atom is -0.385 e. The molecule has 0 fully saturated rings. The van der Waals surface area contributed by atoms with E-state index in [-0.39, 0.29) is 0 Å². The van der Waals surface area contributed by atoms with E-state index in [1.165, 1.54) is 16.9 Å². The third kappa shape index (κ3) is 3.74. The van der Waals surface area contributed by atoms with E-state index in [4.69, 9.17) is 4.74 Å². The average molecular weight is 279 g/mol. The van der Waals surface area contributed by atoms with E-state index in [1.807, 2.05) is 11.8 Å². The van der Waals surface area contributed by atoms with Crippen LogP contribution in [0.4, 0.5) is 0 Å². The van der Waals surface area contributed by atoms with Crippen molar-refractivity contribution in [2.75, 3.05) is 20.3 Å². The summed E-state index contributed by atoms with van der Waals surface area (Å²) in [5, 5.41) is 4.35. The smallest absolute Gasteiger partial charge is 0.0465 e. The van der Waals surface area contributed by atoms with Gasteiger partial charge in [0.25, 0.3) is 0 Å². The molecule has 3 heteroatoms. The summed E-state index contributed by atoms with van der Waals surface area (Å²) in [6, 6.07) is 9.38. The highest BCUT2D eigenvalue weighted by atomic mass is 32.2. The summed E-state index contributed by atoms with van der Waals surface area (Å²) in [7, 11) is 1.79. The fourth-order valence-corrected chi connectivity index (χ4v) is 4.39. The van der Waals surface area contributed by atoms with Crippen molar-refractivity contribution in [3.05, 3.63) is 29.8 Å². The Kier molecular flexibility index (Phi) is 5.74. The maximum Gasteiger partial charge on any atom is 0.0465 e. The Hall–Kier alpha value is -0.510. The van der Waals surface area contributed by atoms with Crippen LogP contribution in [0, 0.1) is 5.92 Å². The summed E-state index contributed by atoms with van der Waals surface area (Å²) in [4.78, 5) is 1.47. The van der Waals surface area contributed by atoms with Gasteiger partial charge < -0.3 is 10.1 Å². The van der Waals surface area contributed by atoms with Crippen LogP contribution in [0.1, 0.15) is 25.8 Å². The Morgan fingerprint density at radius 1 is 1.42 bits per heavy atom. The summed E-state index contributed by atoms with van der Waals surface area (Å²) < 4.78 is 5.23. The maximum absolute atomic E-state index is 5.23. The van der Waals surface area contributed by atoms with Crippen LogP contribution in [0.2, 0.25) is 0 Å². The Morgan fingerprint density at radius 2 is 2.21 bits per heavy atom. The van der Waals surface area contributed by atoms with Crippen molar-refractivity contribution >= 4 is 11.8 Å². The van der Waals surface area contributed by atoms with Crippen LogP contribution in [-0.4, -0.2) is 31.6 Å². The zero-order chi connectivity index (χ0) is 13.7. The first-order chi connectivity index (χ1) is 9.26. The molecular formula is C16H25NOS. The van der Waals surface area contributed by atoms with Crippen molar-refractivity contribution in [1.29, 1.82) is 0 Å². The molecule has 0 saturated carbocycles. The highest BCUT2D eigenvalue weighted by Gasteiger charge is 2.31. The minimum atomic E-state index is 0.567. The number of rotatable bonds is 7. The second-order valence-electron chi connectivity index (χ2n) is 5.31. The molecule has 0 aromatic heterocycles. The average Bonchev–Trinajstić information content (AvgIpc) is 2.85. The number of hydrogen-bond donors (Lipinski definition) is 1. The zero-order valence-electron chi connectivity index (χ0n) is 12.2. The highest BCUT2D eigenvalue weighted by molar-refractivity contribution is 8.00. The lowest BCUT2D eigenvalue weighted by atomic mass is 9.92. The molecule has 1 heterocycles. The standard InChI is InChI=1S/C16H25NOS/c1-4-17-16(12(2)9-10-18-3)15-11-13-7-5-6-8-14(13)19-15/h5-8,12,15-17H,4,9-11H2,1-3H3. The molecule has 19 heavy (non-hydrogen) atoms. The molecule has 1 N–H and O–H groups in total. The lowest BCUT2D eigenvalue weighted by Gasteiger charge is -2.29. The second-order valence-corrected chi connectivity index (χ2v) is 6.59. The number of hydrogen-bond acceptors (Lipinski definition) is 3. The van der Waals surface area contributed by atoms with Crippen LogP contribution in [0.5, 0.6) is 0 Å². The first-order valence-corrected chi connectivity index (χ1v) is 8.11. The fraction of sp³-hybridized carbons (Fsp3) is 0.625. The molecule has 1 aromatic rings. The molecule has 3 atom stereocenters. The Morgan fingerprint density at radius 3 is 2.89 bits per heavy atom. The van der Waals surface area contributed by atoms with Crippen molar-refractivity contribution in [3.63, 3.8) is 0 Å². The molecular weight excluding hydrogens is 254 g/mol. The molecule has 0 spiro atoms. The lowest BCUT2D eigenvalue weighted by Crippen LogP contribution is -2.43. The van der Waals surface area contributed by atoms with E-state index in [9.17, 15) is 0 Å². The quantitative estimate of drug-likeness (QED) is 0.827. The topological polar surface area (TPSA) is 21.3 Å². The van der Waals surface area contributed by atoms with E-state index in [0.717, 1.165) is 19.6 Å². The zero-order valence-corrected chi connectivity index (χ0v) is 13.0. The lowest BCUT2D eigenvalue weighted by molar-refractivity contribution is 0.170. The van der Waals surface area contributed by atoms with Crippen molar-refractivity contribution in [3.8, 4) is 0 Å². The molecule has 1 aromatic carbocycles. The van der Waals surface area contributed by atoms with Crippen molar-refractivity contribution < 1.29 is 4.74 Å². The number of methoxy groups -OCH3 is 1. The Labute approximate surface area is 121 Å². The van der Waals surface area contributed by atoms with Crippen molar-refractivity contribution in [1.82, 2.24) is 5.32 Å². The third-order valence-electron chi connectivity index (χ3n) is 3.90. The molecule has 2 rings (SSSR count). The monoisotopic (exact) mass is 279 g/mol. The minimum absolute atomic E-state index is 0.567. The predicted octanol–water partition coefficient (Wildman–Crippen LogP) is 3.35. The van der Waals surface area contributed by atoms with Gasteiger partial charge in [0.05, 0.1) is 0 Å². The van der Waals surface area contributed by atoms with Crippen LogP contribution in [0.25, 0.3) is 0 Å². The molecule has 3 unspecified atom stereocenters. The van der Waals surface area contributed by atoms with Gasteiger partial charge >= 0.3 is 0 Å². The highest BCUT2D eigenvalue weighted by Crippen LogP contribution is 2.40. The summed E-state index contributed by atoms with van der Waals surface area (Å²) >= 11 is 2.04. The van der Waals surface area contributed by atoms with Gasteiger partial charge in [-0.05, 0) is 36.9 Å². The molecule has 0 aliphatic carbocycles. The molecule has 0 bridgehead atoms. The summed E-state index contributed by atoms with van der Waals surface area (Å²) in [6.07, 6.45) is 2.32. The normalized spacial score (nSPS) is 21.1. The van der Waals surface area contributed by atoms with Crippen molar-refractivity contribution in [2.45, 2.75) is 42.9 Å². The summed E-state index contributed by atoms with van der Waals surface area (Å²) in [5.41, 5.74) is 1.51. The fourth-order valence-electron chi connectivity index (χ4n) is 2.83. The van der Waals surface area contributed by atoms with Gasteiger partial charge in [-0.1, -0.05) is 32.0 Å². The van der Waals surface area contributed by atoms with Crippen LogP contribution >= 0.6 is 11.8 Å². The van der Waals surface area contributed by atoms with Crippen LogP contribution < -0.4 is 5.32 Å². The van der Waals surface area contributed by atoms with Gasteiger partial charge in [0.1, 0.15) is 0 Å². The van der Waals surface area contributed by atoms with Gasteiger partial charge in [0.15, 0.2) is 0 Å². The van der Waals surface area contributed by atoms with E-state index < -0.39 is 0 Å². The maximum atomic E-state index is 5.23. The van der Waals surface area contributed by atoms with Crippen LogP contribution in [-0.2, 0) is 11.2 Å². The van der Waals surface area contributed by atoms with E-state index in [1.54, 1.807) is 7.11 Å². The van der Waals surface area contributed by atoms with Crippen LogP contribution in [0.3, 0.4) is 0 Å². The van der Waals surface area contributed by atoms with Gasteiger partial charge in [0.2, 0.25) is 0 Å². The number of benzene rings is 1. The molecule has 0 saturated heterocycles. The SMILES string of the molecule is CCNC(C(C)CCOC)C1Cc2ccccc2S1. The van der Waals surface area contributed by atoms with E-state index in [0.29, 0.717) is 17.2 Å². The Bertz CT molecular complexity index is 371. The second kappa shape index (κ2) is 7.32. The molecule has 106 valence electrons. The molecule has 1 aliphatic heterocycles. The first-order valence-electron chi connectivity index (χ1n) is 7.23. The van der Waals surface area contributed by atoms with Gasteiger partial charge in [0, 0.05) is 29.9 Å². The van der Waals surface area contributed by atoms with Gasteiger partial charge in [-0.2, -0.15) is 0 Å². The van der Waals surface area contributed by atoms with Gasteiger partial charge in [-0.15, -0.1) is 11.8 Å².